The van der Waals surface area contributed by atoms with Crippen LogP contribution in [0.2, 0.25) is 0 Å². The maximum absolute atomic E-state index is 11.8. The van der Waals surface area contributed by atoms with Crippen molar-refractivity contribution < 1.29 is 5.11 Å². The SMILES string of the molecule is CC(C)C(O)CNc1cc2ccccc2c(=O)[nH]1. The second-order valence-electron chi connectivity index (χ2n) is 4.79. The molecule has 0 saturated carbocycles. The highest BCUT2D eigenvalue weighted by Gasteiger charge is 2.09. The molecule has 18 heavy (non-hydrogen) atoms. The fourth-order valence-electron chi connectivity index (χ4n) is 1.76. The number of rotatable bonds is 4. The van der Waals surface area contributed by atoms with Crippen LogP contribution in [-0.2, 0) is 0 Å². The summed E-state index contributed by atoms with van der Waals surface area (Å²) in [6.45, 7) is 4.33. The molecule has 1 aromatic carbocycles. The average molecular weight is 246 g/mol. The van der Waals surface area contributed by atoms with Crippen LogP contribution >= 0.6 is 0 Å². The van der Waals surface area contributed by atoms with E-state index < -0.39 is 6.10 Å². The molecule has 1 aromatic heterocycles. The molecule has 1 unspecified atom stereocenters. The summed E-state index contributed by atoms with van der Waals surface area (Å²) in [5.41, 5.74) is -0.116. The summed E-state index contributed by atoms with van der Waals surface area (Å²) in [4.78, 5) is 14.6. The molecule has 2 aromatic rings. The summed E-state index contributed by atoms with van der Waals surface area (Å²) in [7, 11) is 0. The van der Waals surface area contributed by atoms with Crippen LogP contribution in [0.25, 0.3) is 10.8 Å². The van der Waals surface area contributed by atoms with Gasteiger partial charge < -0.3 is 15.4 Å². The van der Waals surface area contributed by atoms with Crippen LogP contribution in [0.3, 0.4) is 0 Å². The van der Waals surface area contributed by atoms with Crippen LogP contribution in [-0.4, -0.2) is 22.7 Å². The number of aliphatic hydroxyl groups excluding tert-OH is 1. The quantitative estimate of drug-likeness (QED) is 0.772. The molecule has 0 amide bonds. The minimum atomic E-state index is -0.431. The third kappa shape index (κ3) is 2.71. The molecule has 0 saturated heterocycles. The number of hydrogen-bond donors (Lipinski definition) is 3. The Morgan fingerprint density at radius 1 is 1.33 bits per heavy atom. The van der Waals surface area contributed by atoms with Crippen molar-refractivity contribution in [1.82, 2.24) is 4.98 Å². The number of benzene rings is 1. The van der Waals surface area contributed by atoms with Gasteiger partial charge in [0.15, 0.2) is 0 Å². The molecule has 0 spiro atoms. The lowest BCUT2D eigenvalue weighted by molar-refractivity contribution is 0.138. The smallest absolute Gasteiger partial charge is 0.257 e. The van der Waals surface area contributed by atoms with E-state index >= 15 is 0 Å². The number of aromatic amines is 1. The van der Waals surface area contributed by atoms with E-state index in [4.69, 9.17) is 0 Å². The highest BCUT2D eigenvalue weighted by atomic mass is 16.3. The molecule has 1 heterocycles. The first kappa shape index (κ1) is 12.6. The third-order valence-corrected chi connectivity index (χ3v) is 3.02. The molecule has 3 N–H and O–H groups in total. The Morgan fingerprint density at radius 3 is 2.78 bits per heavy atom. The first-order valence-corrected chi connectivity index (χ1v) is 6.12. The Bertz CT molecular complexity index is 590. The molecule has 96 valence electrons. The number of aromatic nitrogens is 1. The molecule has 0 aliphatic heterocycles. The van der Waals surface area contributed by atoms with Gasteiger partial charge in [0, 0.05) is 11.9 Å². The van der Waals surface area contributed by atoms with Crippen LogP contribution in [0.15, 0.2) is 35.1 Å². The standard InChI is InChI=1S/C14H18N2O2/c1-9(2)12(17)8-15-13-7-10-5-3-4-6-11(10)14(18)16-13/h3-7,9,12,17H,8H2,1-2H3,(H2,15,16,18). The number of pyridine rings is 1. The van der Waals surface area contributed by atoms with Crippen LogP contribution in [0.5, 0.6) is 0 Å². The number of H-pyrrole nitrogens is 1. The molecule has 0 fully saturated rings. The normalized spacial score (nSPS) is 12.9. The van der Waals surface area contributed by atoms with E-state index in [9.17, 15) is 9.90 Å². The van der Waals surface area contributed by atoms with Crippen LogP contribution in [0.1, 0.15) is 13.8 Å². The van der Waals surface area contributed by atoms with Gasteiger partial charge >= 0.3 is 0 Å². The van der Waals surface area contributed by atoms with E-state index in [1.165, 1.54) is 0 Å². The summed E-state index contributed by atoms with van der Waals surface area (Å²) in [5.74, 6) is 0.822. The number of fused-ring (bicyclic) bond motifs is 1. The minimum Gasteiger partial charge on any atom is -0.391 e. The Labute approximate surface area is 106 Å². The number of hydrogen-bond acceptors (Lipinski definition) is 3. The summed E-state index contributed by atoms with van der Waals surface area (Å²) < 4.78 is 0. The Balaban J connectivity index is 2.22. The van der Waals surface area contributed by atoms with Crippen LogP contribution < -0.4 is 10.9 Å². The lowest BCUT2D eigenvalue weighted by Crippen LogP contribution is -2.25. The first-order valence-electron chi connectivity index (χ1n) is 6.12. The van der Waals surface area contributed by atoms with Crippen molar-refractivity contribution in [2.24, 2.45) is 5.92 Å². The van der Waals surface area contributed by atoms with Crippen LogP contribution in [0.4, 0.5) is 5.82 Å². The lowest BCUT2D eigenvalue weighted by atomic mass is 10.1. The van der Waals surface area contributed by atoms with Gasteiger partial charge in [0.2, 0.25) is 0 Å². The van der Waals surface area contributed by atoms with Gasteiger partial charge in [-0.2, -0.15) is 0 Å². The Hall–Kier alpha value is -1.81. The average Bonchev–Trinajstić information content (AvgIpc) is 2.36. The number of aliphatic hydroxyl groups is 1. The number of anilines is 1. The second kappa shape index (κ2) is 5.23. The van der Waals surface area contributed by atoms with Crippen molar-refractivity contribution in [2.45, 2.75) is 20.0 Å². The molecular weight excluding hydrogens is 228 g/mol. The van der Waals surface area contributed by atoms with Gasteiger partial charge in [0.1, 0.15) is 5.82 Å². The summed E-state index contributed by atoms with van der Waals surface area (Å²) in [6, 6.07) is 9.31. The fraction of sp³-hybridized carbons (Fsp3) is 0.357. The zero-order valence-electron chi connectivity index (χ0n) is 10.6. The first-order chi connectivity index (χ1) is 8.58. The van der Waals surface area contributed by atoms with Gasteiger partial charge in [-0.3, -0.25) is 4.79 Å². The van der Waals surface area contributed by atoms with Crippen molar-refractivity contribution in [3.63, 3.8) is 0 Å². The van der Waals surface area contributed by atoms with E-state index in [2.05, 4.69) is 10.3 Å². The largest absolute Gasteiger partial charge is 0.391 e. The third-order valence-electron chi connectivity index (χ3n) is 3.02. The van der Waals surface area contributed by atoms with E-state index in [-0.39, 0.29) is 11.5 Å². The van der Waals surface area contributed by atoms with Crippen molar-refractivity contribution >= 4 is 16.6 Å². The lowest BCUT2D eigenvalue weighted by Gasteiger charge is -2.15. The van der Waals surface area contributed by atoms with Crippen molar-refractivity contribution in [1.29, 1.82) is 0 Å². The van der Waals surface area contributed by atoms with Gasteiger partial charge in [-0.05, 0) is 23.4 Å². The monoisotopic (exact) mass is 246 g/mol. The summed E-state index contributed by atoms with van der Waals surface area (Å²) >= 11 is 0. The number of nitrogens with one attached hydrogen (secondary N) is 2. The molecule has 0 aliphatic rings. The van der Waals surface area contributed by atoms with E-state index in [0.29, 0.717) is 17.7 Å². The summed E-state index contributed by atoms with van der Waals surface area (Å²) in [6.07, 6.45) is -0.431. The van der Waals surface area contributed by atoms with Gasteiger partial charge in [0.25, 0.3) is 5.56 Å². The zero-order valence-corrected chi connectivity index (χ0v) is 10.6. The maximum atomic E-state index is 11.8. The Morgan fingerprint density at radius 2 is 2.06 bits per heavy atom. The second-order valence-corrected chi connectivity index (χ2v) is 4.79. The van der Waals surface area contributed by atoms with E-state index in [1.807, 2.05) is 38.1 Å². The molecule has 1 atom stereocenters. The van der Waals surface area contributed by atoms with Gasteiger partial charge in [-0.25, -0.2) is 0 Å². The highest BCUT2D eigenvalue weighted by Crippen LogP contribution is 2.13. The van der Waals surface area contributed by atoms with Gasteiger partial charge in [-0.15, -0.1) is 0 Å². The van der Waals surface area contributed by atoms with Gasteiger partial charge in [-0.1, -0.05) is 32.0 Å². The molecule has 0 aliphatic carbocycles. The van der Waals surface area contributed by atoms with Gasteiger partial charge in [0.05, 0.1) is 6.10 Å². The van der Waals surface area contributed by atoms with E-state index in [1.54, 1.807) is 6.07 Å². The summed E-state index contributed by atoms with van der Waals surface area (Å²) in [5, 5.41) is 14.3. The molecule has 4 nitrogen and oxygen atoms in total. The zero-order chi connectivity index (χ0) is 13.1. The maximum Gasteiger partial charge on any atom is 0.257 e. The highest BCUT2D eigenvalue weighted by molar-refractivity contribution is 5.83. The predicted octanol–water partition coefficient (Wildman–Crippen LogP) is 1.96. The van der Waals surface area contributed by atoms with Crippen LogP contribution in [0, 0.1) is 5.92 Å². The fourth-order valence-corrected chi connectivity index (χ4v) is 1.76. The topological polar surface area (TPSA) is 65.1 Å². The van der Waals surface area contributed by atoms with Crippen molar-refractivity contribution in [3.05, 3.63) is 40.7 Å². The Kier molecular flexibility index (Phi) is 3.67. The van der Waals surface area contributed by atoms with E-state index in [0.717, 1.165) is 5.39 Å². The van der Waals surface area contributed by atoms with Crippen molar-refractivity contribution in [3.8, 4) is 0 Å². The molecule has 2 rings (SSSR count). The van der Waals surface area contributed by atoms with Crippen molar-refractivity contribution in [2.75, 3.05) is 11.9 Å². The molecule has 0 radical (unpaired) electrons. The molecule has 4 heteroatoms. The predicted molar refractivity (Wildman–Crippen MR) is 73.9 cm³/mol. The minimum absolute atomic E-state index is 0.116. The molecular formula is C14H18N2O2. The molecule has 0 bridgehead atoms.